The molecule has 0 amide bonds. The zero-order valence-electron chi connectivity index (χ0n) is 21.1. The molecule has 3 rings (SSSR count). The summed E-state index contributed by atoms with van der Waals surface area (Å²) in [4.78, 5) is 25.3. The highest BCUT2D eigenvalue weighted by Gasteiger charge is 2.13. The number of pyridine rings is 2. The number of nitrogens with zero attached hydrogens (tertiary/aromatic N) is 7. The number of aliphatic hydroxyl groups excluding tert-OH is 2. The molecule has 0 spiro atoms. The number of Topliss-reactive ketones (excluding diaryl/α,β-unsaturated/α-hetero) is 1. The number of hydrogen-bond acceptors (Lipinski definition) is 11. The molecule has 0 aliphatic carbocycles. The van der Waals surface area contributed by atoms with Gasteiger partial charge in [-0.1, -0.05) is 19.6 Å². The Morgan fingerprint density at radius 1 is 1.08 bits per heavy atom. The van der Waals surface area contributed by atoms with Gasteiger partial charge in [0.15, 0.2) is 5.82 Å². The summed E-state index contributed by atoms with van der Waals surface area (Å²) in [5.41, 5.74) is 17.1. The molecule has 8 N–H and O–H groups in total. The topological polar surface area (TPSA) is 208 Å². The van der Waals surface area contributed by atoms with Gasteiger partial charge in [0.2, 0.25) is 5.78 Å². The van der Waals surface area contributed by atoms with Gasteiger partial charge in [-0.2, -0.15) is 0 Å². The summed E-state index contributed by atoms with van der Waals surface area (Å²) in [7, 11) is 3.68. The number of aromatic nitrogens is 5. The lowest BCUT2D eigenvalue weighted by Crippen LogP contribution is -2.18. The number of aliphatic hydroxyl groups is 2. The Hall–Kier alpha value is -3.94. The number of rotatable bonds is 8. The molecule has 0 bridgehead atoms. The molecule has 13 nitrogen and oxygen atoms in total. The fourth-order valence-corrected chi connectivity index (χ4v) is 2.39. The number of aliphatic imine (C=N–C) groups is 1. The molecule has 13 heteroatoms. The largest absolute Gasteiger partial charge is 0.395 e. The normalized spacial score (nSPS) is 11.8. The second-order valence-corrected chi connectivity index (χ2v) is 7.99. The molecule has 3 aromatic rings. The van der Waals surface area contributed by atoms with Crippen LogP contribution in [-0.4, -0.2) is 91.9 Å². The summed E-state index contributed by atoms with van der Waals surface area (Å²) in [6.45, 7) is 3.82. The van der Waals surface area contributed by atoms with Gasteiger partial charge in [-0.15, -0.1) is 10.2 Å². The van der Waals surface area contributed by atoms with Crippen molar-refractivity contribution in [2.75, 3.05) is 45.3 Å². The van der Waals surface area contributed by atoms with Crippen LogP contribution in [0.3, 0.4) is 0 Å². The van der Waals surface area contributed by atoms with Crippen molar-refractivity contribution in [2.45, 2.75) is 33.4 Å². The number of carbonyl (C=O) groups is 1. The highest BCUT2D eigenvalue weighted by Crippen LogP contribution is 2.18. The maximum absolute atomic E-state index is 11.5. The average molecular weight is 517 g/mol. The molecule has 37 heavy (non-hydrogen) atoms. The van der Waals surface area contributed by atoms with Crippen LogP contribution >= 0.6 is 0 Å². The predicted octanol–water partition coefficient (Wildman–Crippen LogP) is 0.874. The van der Waals surface area contributed by atoms with Crippen LogP contribution in [0.5, 0.6) is 0 Å². The molecule has 2 atom stereocenters. The number of ketones is 1. The lowest BCUT2D eigenvalue weighted by molar-refractivity contribution is 0.0997. The van der Waals surface area contributed by atoms with Crippen LogP contribution in [0, 0.1) is 0 Å². The Morgan fingerprint density at radius 2 is 1.68 bits per heavy atom. The predicted molar refractivity (Wildman–Crippen MR) is 147 cm³/mol. The molecule has 3 aromatic heterocycles. The van der Waals surface area contributed by atoms with Crippen molar-refractivity contribution in [3.63, 3.8) is 0 Å². The van der Waals surface area contributed by atoms with Gasteiger partial charge in [-0.25, -0.2) is 9.97 Å². The monoisotopic (exact) mass is 516 g/mol. The van der Waals surface area contributed by atoms with Crippen molar-refractivity contribution >= 4 is 23.8 Å². The van der Waals surface area contributed by atoms with Crippen molar-refractivity contribution in [1.82, 2.24) is 29.6 Å². The van der Waals surface area contributed by atoms with E-state index in [2.05, 4.69) is 25.2 Å². The van der Waals surface area contributed by atoms with Gasteiger partial charge in [0.25, 0.3) is 0 Å². The molecule has 0 aliphatic heterocycles. The van der Waals surface area contributed by atoms with Crippen LogP contribution < -0.4 is 17.2 Å². The Balaban J connectivity index is 0.000000582. The first-order valence-corrected chi connectivity index (χ1v) is 11.1. The van der Waals surface area contributed by atoms with Crippen LogP contribution in [0.1, 0.15) is 37.8 Å². The number of hydrogen-bond donors (Lipinski definition) is 5. The number of nitrogen functional groups attached to an aromatic ring is 2. The molecule has 204 valence electrons. The average Bonchev–Trinajstić information content (AvgIpc) is 3.34. The fraction of sp³-hybridized carbons (Fsp3) is 0.417. The van der Waals surface area contributed by atoms with Crippen molar-refractivity contribution in [3.8, 4) is 11.5 Å². The summed E-state index contributed by atoms with van der Waals surface area (Å²) in [5, 5.41) is 24.9. The summed E-state index contributed by atoms with van der Waals surface area (Å²) < 4.78 is 1.77. The van der Waals surface area contributed by atoms with Gasteiger partial charge in [-0.3, -0.25) is 9.79 Å². The first kappa shape index (κ1) is 33.1. The quantitative estimate of drug-likeness (QED) is 0.161. The maximum Gasteiger partial charge on any atom is 0.202 e. The van der Waals surface area contributed by atoms with E-state index in [-0.39, 0.29) is 45.1 Å². The van der Waals surface area contributed by atoms with E-state index in [0.29, 0.717) is 28.8 Å². The number of nitrogens with two attached hydrogens (primary N) is 3. The lowest BCUT2D eigenvalue weighted by atomic mass is 10.2. The van der Waals surface area contributed by atoms with Crippen LogP contribution in [0.2, 0.25) is 0 Å². The minimum Gasteiger partial charge on any atom is -0.395 e. The van der Waals surface area contributed by atoms with Gasteiger partial charge in [-0.05, 0) is 38.1 Å². The van der Waals surface area contributed by atoms with Crippen molar-refractivity contribution in [2.24, 2.45) is 10.7 Å². The van der Waals surface area contributed by atoms with E-state index in [1.807, 2.05) is 21.0 Å². The summed E-state index contributed by atoms with van der Waals surface area (Å²) >= 11 is 0. The van der Waals surface area contributed by atoms with E-state index in [9.17, 15) is 4.79 Å². The van der Waals surface area contributed by atoms with E-state index >= 15 is 0 Å². The third kappa shape index (κ3) is 12.5. The number of anilines is 2. The van der Waals surface area contributed by atoms with Crippen LogP contribution in [0.25, 0.3) is 11.5 Å². The third-order valence-electron chi connectivity index (χ3n) is 4.20. The van der Waals surface area contributed by atoms with Crippen LogP contribution in [0.15, 0.2) is 47.7 Å². The molecule has 0 saturated heterocycles. The highest BCUT2D eigenvalue weighted by atomic mass is 16.3. The molecule has 0 fully saturated rings. The first-order valence-electron chi connectivity index (χ1n) is 11.1. The van der Waals surface area contributed by atoms with Crippen LogP contribution in [-0.2, 0) is 0 Å². The zero-order valence-corrected chi connectivity index (χ0v) is 21.1. The third-order valence-corrected chi connectivity index (χ3v) is 4.20. The van der Waals surface area contributed by atoms with Gasteiger partial charge in [0.1, 0.15) is 35.9 Å². The molecule has 0 aromatic carbocycles. The molecule has 0 aliphatic rings. The van der Waals surface area contributed by atoms with Crippen molar-refractivity contribution < 1.29 is 15.0 Å². The molecule has 0 unspecified atom stereocenters. The smallest absolute Gasteiger partial charge is 0.202 e. The summed E-state index contributed by atoms with van der Waals surface area (Å²) in [6, 6.07) is 10.1. The van der Waals surface area contributed by atoms with Gasteiger partial charge in [0.05, 0.1) is 25.6 Å². The van der Waals surface area contributed by atoms with E-state index < -0.39 is 0 Å². The van der Waals surface area contributed by atoms with E-state index in [1.165, 1.54) is 0 Å². The zero-order chi connectivity index (χ0) is 27.1. The molecular weight excluding hydrogens is 476 g/mol. The molecule has 3 heterocycles. The van der Waals surface area contributed by atoms with Crippen molar-refractivity contribution in [3.05, 3.63) is 48.4 Å². The first-order chi connectivity index (χ1) is 17.1. The summed E-state index contributed by atoms with van der Waals surface area (Å²) in [5.74, 6) is 1.25. The van der Waals surface area contributed by atoms with Gasteiger partial charge >= 0.3 is 0 Å². The molecule has 0 radical (unpaired) electrons. The summed E-state index contributed by atoms with van der Waals surface area (Å²) in [6.07, 6.45) is 3.16. The van der Waals surface area contributed by atoms with E-state index in [4.69, 9.17) is 27.4 Å². The van der Waals surface area contributed by atoms with Gasteiger partial charge in [0, 0.05) is 20.1 Å². The second-order valence-electron chi connectivity index (χ2n) is 7.99. The maximum atomic E-state index is 11.5. The molecular formula is C24H40N10O3. The van der Waals surface area contributed by atoms with Gasteiger partial charge < -0.3 is 36.9 Å². The Bertz CT molecular complexity index is 1090. The van der Waals surface area contributed by atoms with E-state index in [0.717, 1.165) is 0 Å². The lowest BCUT2D eigenvalue weighted by Gasteiger charge is -2.11. The SMILES string of the molecule is C.CN(C)C=NCC(=O)c1cccc(N)n1.C[C@@H](N)CO.C[C@H](CO)n1cnnc1-c1cccc(N)n1. The Kier molecular flexibility index (Phi) is 15.6. The number of carbonyl (C=O) groups excluding carboxylic acids is 1. The minimum absolute atomic E-state index is 0. The van der Waals surface area contributed by atoms with Crippen molar-refractivity contribution in [1.29, 1.82) is 0 Å². The second kappa shape index (κ2) is 17.5. The molecule has 0 saturated carbocycles. The standard InChI is InChI=1S/C10H13N5O.C10H14N4O.C3H9NO.CH4/c1-7(5-16)15-6-12-14-10(15)8-3-2-4-9(11)13-8;1-14(2)7-12-6-9(15)8-4-3-5-10(11)13-8;1-3(4)2-5;/h2-4,6-7,16H,5H2,1H3,(H2,11,13);3-5,7H,6H2,1-2H3,(H2,11,13);3,5H,2,4H2,1H3;1H4/t7-;;3-;/m1.1./s1. The minimum atomic E-state index is -0.139. The Morgan fingerprint density at radius 3 is 2.19 bits per heavy atom. The Labute approximate surface area is 218 Å². The van der Waals surface area contributed by atoms with Crippen LogP contribution in [0.4, 0.5) is 11.6 Å². The van der Waals surface area contributed by atoms with E-state index in [1.54, 1.807) is 65.5 Å². The highest BCUT2D eigenvalue weighted by molar-refractivity contribution is 5.96. The fourth-order valence-electron chi connectivity index (χ4n) is 2.39.